The molecule has 5 heteroatoms. The summed E-state index contributed by atoms with van der Waals surface area (Å²) in [6, 6.07) is 0. The lowest BCUT2D eigenvalue weighted by molar-refractivity contribution is -0.146. The Balaban J connectivity index is 1.91. The van der Waals surface area contributed by atoms with Crippen molar-refractivity contribution in [3.8, 4) is 0 Å². The van der Waals surface area contributed by atoms with E-state index >= 15 is 0 Å². The summed E-state index contributed by atoms with van der Waals surface area (Å²) in [6.07, 6.45) is 4.21. The zero-order valence-electron chi connectivity index (χ0n) is 12.4. The van der Waals surface area contributed by atoms with E-state index in [1.54, 1.807) is 0 Å². The van der Waals surface area contributed by atoms with Crippen molar-refractivity contribution in [3.63, 3.8) is 0 Å². The van der Waals surface area contributed by atoms with Crippen LogP contribution in [-0.4, -0.2) is 35.7 Å². The molecule has 0 aromatic rings. The maximum Gasteiger partial charge on any atom is 0.307 e. The highest BCUT2D eigenvalue weighted by atomic mass is 16.5. The molecule has 114 valence electrons. The lowest BCUT2D eigenvalue weighted by Gasteiger charge is -2.25. The fourth-order valence-corrected chi connectivity index (χ4v) is 3.42. The third kappa shape index (κ3) is 3.32. The van der Waals surface area contributed by atoms with Crippen molar-refractivity contribution in [1.29, 1.82) is 0 Å². The highest BCUT2D eigenvalue weighted by molar-refractivity contribution is 5.85. The second kappa shape index (κ2) is 6.12. The van der Waals surface area contributed by atoms with Gasteiger partial charge in [0.25, 0.3) is 0 Å². The van der Waals surface area contributed by atoms with Gasteiger partial charge in [0.1, 0.15) is 0 Å². The van der Waals surface area contributed by atoms with Crippen molar-refractivity contribution in [2.24, 2.45) is 17.8 Å². The molecule has 1 saturated carbocycles. The van der Waals surface area contributed by atoms with Crippen LogP contribution < -0.4 is 5.32 Å². The molecule has 0 aromatic carbocycles. The molecule has 4 atom stereocenters. The van der Waals surface area contributed by atoms with Crippen LogP contribution in [0.25, 0.3) is 0 Å². The lowest BCUT2D eigenvalue weighted by Crippen LogP contribution is -2.43. The van der Waals surface area contributed by atoms with Crippen LogP contribution in [0.1, 0.15) is 46.0 Å². The number of nitrogens with one attached hydrogen (secondary N) is 1. The Kier molecular flexibility index (Phi) is 4.68. The minimum Gasteiger partial charge on any atom is -0.481 e. The number of carbonyl (C=O) groups excluding carboxylic acids is 1. The molecule has 2 rings (SSSR count). The summed E-state index contributed by atoms with van der Waals surface area (Å²) in [4.78, 5) is 23.6. The number of amides is 1. The molecule has 4 unspecified atom stereocenters. The molecule has 20 heavy (non-hydrogen) atoms. The second-order valence-electron chi connectivity index (χ2n) is 6.42. The van der Waals surface area contributed by atoms with E-state index in [0.717, 1.165) is 25.9 Å². The molecule has 1 saturated heterocycles. The number of hydrogen-bond acceptors (Lipinski definition) is 3. The van der Waals surface area contributed by atoms with E-state index < -0.39 is 11.9 Å². The minimum atomic E-state index is -0.843. The highest BCUT2D eigenvalue weighted by Gasteiger charge is 2.42. The standard InChI is InChI=1S/C15H25NO4/c1-3-10-7-11(12(8-10)14(18)19)13(17)16-9-15(2)5-4-6-20-15/h10-12H,3-9H2,1-2H3,(H,16,17)(H,18,19). The van der Waals surface area contributed by atoms with E-state index in [2.05, 4.69) is 12.2 Å². The van der Waals surface area contributed by atoms with E-state index in [-0.39, 0.29) is 17.4 Å². The first-order valence-corrected chi connectivity index (χ1v) is 7.59. The van der Waals surface area contributed by atoms with E-state index in [9.17, 15) is 14.7 Å². The van der Waals surface area contributed by atoms with Gasteiger partial charge in [-0.1, -0.05) is 13.3 Å². The summed E-state index contributed by atoms with van der Waals surface area (Å²) < 4.78 is 5.64. The first-order valence-electron chi connectivity index (χ1n) is 7.59. The quantitative estimate of drug-likeness (QED) is 0.807. The molecule has 0 radical (unpaired) electrons. The van der Waals surface area contributed by atoms with Crippen LogP contribution in [0.5, 0.6) is 0 Å². The number of rotatable bonds is 5. The summed E-state index contributed by atoms with van der Waals surface area (Å²) in [5.41, 5.74) is -0.281. The van der Waals surface area contributed by atoms with Crippen LogP contribution in [0.15, 0.2) is 0 Å². The molecule has 1 aliphatic carbocycles. The van der Waals surface area contributed by atoms with Gasteiger partial charge in [-0.05, 0) is 38.5 Å². The fraction of sp³-hybridized carbons (Fsp3) is 0.867. The Labute approximate surface area is 120 Å². The van der Waals surface area contributed by atoms with Crippen LogP contribution >= 0.6 is 0 Å². The Morgan fingerprint density at radius 2 is 2.05 bits per heavy atom. The fourth-order valence-electron chi connectivity index (χ4n) is 3.42. The zero-order valence-corrected chi connectivity index (χ0v) is 12.4. The van der Waals surface area contributed by atoms with Gasteiger partial charge < -0.3 is 15.2 Å². The molecule has 0 bridgehead atoms. The topological polar surface area (TPSA) is 75.6 Å². The summed E-state index contributed by atoms with van der Waals surface area (Å²) >= 11 is 0. The van der Waals surface area contributed by atoms with Crippen molar-refractivity contribution >= 4 is 11.9 Å². The predicted molar refractivity (Wildman–Crippen MR) is 74.2 cm³/mol. The SMILES string of the molecule is CCC1CC(C(=O)O)C(C(=O)NCC2(C)CCCO2)C1. The van der Waals surface area contributed by atoms with Gasteiger partial charge in [0, 0.05) is 13.2 Å². The highest BCUT2D eigenvalue weighted by Crippen LogP contribution is 2.38. The monoisotopic (exact) mass is 283 g/mol. The Morgan fingerprint density at radius 3 is 2.60 bits per heavy atom. The van der Waals surface area contributed by atoms with E-state index in [4.69, 9.17) is 4.74 Å². The lowest BCUT2D eigenvalue weighted by atomic mass is 9.94. The van der Waals surface area contributed by atoms with Gasteiger partial charge in [0.05, 0.1) is 17.4 Å². The average molecular weight is 283 g/mol. The molecule has 1 aliphatic heterocycles. The summed E-state index contributed by atoms with van der Waals surface area (Å²) in [5, 5.41) is 12.2. The van der Waals surface area contributed by atoms with Gasteiger partial charge in [-0.15, -0.1) is 0 Å². The largest absolute Gasteiger partial charge is 0.481 e. The molecule has 2 aliphatic rings. The normalized spacial score (nSPS) is 37.0. The molecule has 1 amide bonds. The van der Waals surface area contributed by atoms with Crippen LogP contribution in [0.3, 0.4) is 0 Å². The summed E-state index contributed by atoms with van der Waals surface area (Å²) in [7, 11) is 0. The number of aliphatic carboxylic acids is 1. The molecular formula is C15H25NO4. The molecule has 2 N–H and O–H groups in total. The number of carbonyl (C=O) groups is 2. The van der Waals surface area contributed by atoms with E-state index in [0.29, 0.717) is 25.3 Å². The van der Waals surface area contributed by atoms with E-state index in [1.165, 1.54) is 0 Å². The molecule has 5 nitrogen and oxygen atoms in total. The van der Waals surface area contributed by atoms with Crippen molar-refractivity contribution < 1.29 is 19.4 Å². The Hall–Kier alpha value is -1.10. The van der Waals surface area contributed by atoms with Crippen molar-refractivity contribution in [1.82, 2.24) is 5.32 Å². The van der Waals surface area contributed by atoms with E-state index in [1.807, 2.05) is 6.92 Å². The minimum absolute atomic E-state index is 0.120. The molecule has 0 aromatic heterocycles. The van der Waals surface area contributed by atoms with Crippen LogP contribution in [0, 0.1) is 17.8 Å². The Morgan fingerprint density at radius 1 is 1.35 bits per heavy atom. The molecular weight excluding hydrogens is 258 g/mol. The smallest absolute Gasteiger partial charge is 0.307 e. The zero-order chi connectivity index (χ0) is 14.8. The number of ether oxygens (including phenoxy) is 1. The van der Waals surface area contributed by atoms with Gasteiger partial charge in [-0.25, -0.2) is 0 Å². The van der Waals surface area contributed by atoms with Gasteiger partial charge in [0.2, 0.25) is 5.91 Å². The maximum atomic E-state index is 12.3. The number of carboxylic acids is 1. The Bertz CT molecular complexity index is 376. The van der Waals surface area contributed by atoms with Crippen molar-refractivity contribution in [3.05, 3.63) is 0 Å². The first-order chi connectivity index (χ1) is 9.45. The molecule has 2 fully saturated rings. The maximum absolute atomic E-state index is 12.3. The van der Waals surface area contributed by atoms with Crippen LogP contribution in [0.4, 0.5) is 0 Å². The van der Waals surface area contributed by atoms with Crippen molar-refractivity contribution in [2.45, 2.75) is 51.6 Å². The van der Waals surface area contributed by atoms with Crippen LogP contribution in [0.2, 0.25) is 0 Å². The number of hydrogen-bond donors (Lipinski definition) is 2. The third-order valence-electron chi connectivity index (χ3n) is 4.83. The summed E-state index contributed by atoms with van der Waals surface area (Å²) in [6.45, 7) is 5.27. The molecule has 1 heterocycles. The predicted octanol–water partition coefficient (Wildman–Crippen LogP) is 1.81. The summed E-state index contributed by atoms with van der Waals surface area (Å²) in [5.74, 6) is -1.53. The van der Waals surface area contributed by atoms with Gasteiger partial charge >= 0.3 is 5.97 Å². The first kappa shape index (κ1) is 15.3. The number of carboxylic acid groups (broad SMARTS) is 1. The van der Waals surface area contributed by atoms with Gasteiger partial charge in [-0.2, -0.15) is 0 Å². The third-order valence-corrected chi connectivity index (χ3v) is 4.83. The molecule has 0 spiro atoms. The van der Waals surface area contributed by atoms with Gasteiger partial charge in [0.15, 0.2) is 0 Å². The van der Waals surface area contributed by atoms with Gasteiger partial charge in [-0.3, -0.25) is 9.59 Å². The van der Waals surface area contributed by atoms with Crippen LogP contribution in [-0.2, 0) is 14.3 Å². The second-order valence-corrected chi connectivity index (χ2v) is 6.42. The average Bonchev–Trinajstić information content (AvgIpc) is 3.02. The van der Waals surface area contributed by atoms with Crippen molar-refractivity contribution in [2.75, 3.05) is 13.2 Å².